The Kier molecular flexibility index (Phi) is 4.80. The molecule has 0 saturated heterocycles. The highest BCUT2D eigenvalue weighted by molar-refractivity contribution is 7.99. The highest BCUT2D eigenvalue weighted by atomic mass is 32.2. The normalized spacial score (nSPS) is 10.5. The fourth-order valence-corrected chi connectivity index (χ4v) is 2.59. The lowest BCUT2D eigenvalue weighted by atomic mass is 10.2. The number of benzene rings is 2. The minimum Gasteiger partial charge on any atom is -0.380 e. The summed E-state index contributed by atoms with van der Waals surface area (Å²) in [6.07, 6.45) is 0. The van der Waals surface area contributed by atoms with Crippen LogP contribution in [0.2, 0.25) is 0 Å². The molecule has 0 spiro atoms. The molecule has 2 aromatic rings. The number of hydrogen-bond donors (Lipinski definition) is 1. The highest BCUT2D eigenvalue weighted by Crippen LogP contribution is 2.27. The smallest absolute Gasteiger partial charge is 0.126 e. The van der Waals surface area contributed by atoms with Crippen LogP contribution in [0.15, 0.2) is 47.4 Å². The van der Waals surface area contributed by atoms with Crippen molar-refractivity contribution in [2.75, 3.05) is 11.1 Å². The van der Waals surface area contributed by atoms with Crippen LogP contribution in [0.4, 0.5) is 14.5 Å². The topological polar surface area (TPSA) is 12.0 Å². The quantitative estimate of drug-likeness (QED) is 0.797. The second-order valence-corrected chi connectivity index (χ2v) is 5.37. The van der Waals surface area contributed by atoms with Gasteiger partial charge in [0, 0.05) is 23.2 Å². The van der Waals surface area contributed by atoms with Crippen molar-refractivity contribution in [2.24, 2.45) is 0 Å². The van der Waals surface area contributed by atoms with Crippen molar-refractivity contribution in [3.8, 4) is 0 Å². The second-order valence-electron chi connectivity index (χ2n) is 4.06. The third-order valence-corrected chi connectivity index (χ3v) is 3.55. The number of thioether (sulfide) groups is 1. The summed E-state index contributed by atoms with van der Waals surface area (Å²) < 4.78 is 26.2. The van der Waals surface area contributed by atoms with E-state index >= 15 is 0 Å². The summed E-state index contributed by atoms with van der Waals surface area (Å²) in [5, 5.41) is 3.21. The number of anilines is 1. The van der Waals surface area contributed by atoms with E-state index in [0.717, 1.165) is 22.4 Å². The van der Waals surface area contributed by atoms with Crippen molar-refractivity contribution < 1.29 is 8.78 Å². The molecule has 2 rings (SSSR count). The lowest BCUT2D eigenvalue weighted by Gasteiger charge is -2.11. The number of nitrogens with one attached hydrogen (secondary N) is 1. The Morgan fingerprint density at radius 2 is 1.74 bits per heavy atom. The molecule has 0 aromatic heterocycles. The molecule has 0 saturated carbocycles. The molecular formula is C15H15F2NS. The Balaban J connectivity index is 2.09. The third-order valence-electron chi connectivity index (χ3n) is 2.59. The van der Waals surface area contributed by atoms with Gasteiger partial charge in [0.25, 0.3) is 0 Å². The monoisotopic (exact) mass is 279 g/mol. The molecule has 0 fully saturated rings. The van der Waals surface area contributed by atoms with Gasteiger partial charge in [0.2, 0.25) is 0 Å². The first-order valence-corrected chi connectivity index (χ1v) is 7.08. The fourth-order valence-electron chi connectivity index (χ4n) is 1.80. The SMILES string of the molecule is CCSc1ccccc1NCc1cc(F)cc(F)c1. The van der Waals surface area contributed by atoms with Crippen LogP contribution >= 0.6 is 11.8 Å². The van der Waals surface area contributed by atoms with Gasteiger partial charge < -0.3 is 5.32 Å². The van der Waals surface area contributed by atoms with Crippen molar-refractivity contribution in [1.29, 1.82) is 0 Å². The summed E-state index contributed by atoms with van der Waals surface area (Å²) in [5.74, 6) is -0.117. The minimum atomic E-state index is -0.548. The maximum Gasteiger partial charge on any atom is 0.126 e. The third kappa shape index (κ3) is 3.96. The van der Waals surface area contributed by atoms with Crippen LogP contribution in [0, 0.1) is 11.6 Å². The molecule has 0 amide bonds. The summed E-state index contributed by atoms with van der Waals surface area (Å²) in [6.45, 7) is 2.49. The maximum absolute atomic E-state index is 13.1. The van der Waals surface area contributed by atoms with Crippen LogP contribution in [-0.2, 0) is 6.54 Å². The van der Waals surface area contributed by atoms with Gasteiger partial charge in [-0.05, 0) is 35.6 Å². The average molecular weight is 279 g/mol. The molecular weight excluding hydrogens is 264 g/mol. The molecule has 2 aromatic carbocycles. The van der Waals surface area contributed by atoms with E-state index in [0.29, 0.717) is 12.1 Å². The van der Waals surface area contributed by atoms with E-state index in [1.165, 1.54) is 12.1 Å². The van der Waals surface area contributed by atoms with E-state index in [1.54, 1.807) is 11.8 Å². The average Bonchev–Trinajstić information content (AvgIpc) is 2.37. The number of rotatable bonds is 5. The van der Waals surface area contributed by atoms with Crippen LogP contribution in [0.1, 0.15) is 12.5 Å². The predicted octanol–water partition coefficient (Wildman–Crippen LogP) is 4.69. The van der Waals surface area contributed by atoms with Gasteiger partial charge in [0.05, 0.1) is 0 Å². The summed E-state index contributed by atoms with van der Waals surface area (Å²) >= 11 is 1.73. The highest BCUT2D eigenvalue weighted by Gasteiger charge is 2.03. The van der Waals surface area contributed by atoms with Gasteiger partial charge in [-0.25, -0.2) is 8.78 Å². The molecule has 0 aliphatic rings. The van der Waals surface area contributed by atoms with Gasteiger partial charge in [0.15, 0.2) is 0 Å². The zero-order chi connectivity index (χ0) is 13.7. The van der Waals surface area contributed by atoms with Crippen molar-refractivity contribution in [1.82, 2.24) is 0 Å². The minimum absolute atomic E-state index is 0.399. The Bertz CT molecular complexity index is 537. The maximum atomic E-state index is 13.1. The van der Waals surface area contributed by atoms with Crippen LogP contribution in [0.3, 0.4) is 0 Å². The standard InChI is InChI=1S/C15H15F2NS/c1-2-19-15-6-4-3-5-14(15)18-10-11-7-12(16)9-13(17)8-11/h3-9,18H,2,10H2,1H3. The van der Waals surface area contributed by atoms with E-state index in [9.17, 15) is 8.78 Å². The number of para-hydroxylation sites is 1. The largest absolute Gasteiger partial charge is 0.380 e. The van der Waals surface area contributed by atoms with E-state index in [2.05, 4.69) is 12.2 Å². The molecule has 0 unspecified atom stereocenters. The van der Waals surface area contributed by atoms with Crippen molar-refractivity contribution >= 4 is 17.4 Å². The first-order valence-electron chi connectivity index (χ1n) is 6.09. The molecule has 1 N–H and O–H groups in total. The number of halogens is 2. The van der Waals surface area contributed by atoms with E-state index in [-0.39, 0.29) is 0 Å². The molecule has 1 nitrogen and oxygen atoms in total. The van der Waals surface area contributed by atoms with Crippen LogP contribution in [0.25, 0.3) is 0 Å². The lowest BCUT2D eigenvalue weighted by Crippen LogP contribution is -2.01. The molecule has 0 atom stereocenters. The van der Waals surface area contributed by atoms with Crippen LogP contribution < -0.4 is 5.32 Å². The second kappa shape index (κ2) is 6.57. The summed E-state index contributed by atoms with van der Waals surface area (Å²) in [7, 11) is 0. The van der Waals surface area contributed by atoms with Gasteiger partial charge in [-0.15, -0.1) is 11.8 Å². The van der Waals surface area contributed by atoms with E-state index in [4.69, 9.17) is 0 Å². The Morgan fingerprint density at radius 1 is 1.05 bits per heavy atom. The zero-order valence-corrected chi connectivity index (χ0v) is 11.4. The summed E-state index contributed by atoms with van der Waals surface area (Å²) in [6, 6.07) is 11.5. The first-order chi connectivity index (χ1) is 9.19. The van der Waals surface area contributed by atoms with Crippen LogP contribution in [-0.4, -0.2) is 5.75 Å². The van der Waals surface area contributed by atoms with Crippen molar-refractivity contribution in [3.63, 3.8) is 0 Å². The molecule has 4 heteroatoms. The number of hydrogen-bond acceptors (Lipinski definition) is 2. The first kappa shape index (κ1) is 13.9. The van der Waals surface area contributed by atoms with Gasteiger partial charge >= 0.3 is 0 Å². The molecule has 0 heterocycles. The summed E-state index contributed by atoms with van der Waals surface area (Å²) in [4.78, 5) is 1.14. The molecule has 0 aliphatic carbocycles. The van der Waals surface area contributed by atoms with Crippen LogP contribution in [0.5, 0.6) is 0 Å². The Labute approximate surface area is 116 Å². The molecule has 0 aliphatic heterocycles. The molecule has 100 valence electrons. The molecule has 0 radical (unpaired) electrons. The van der Waals surface area contributed by atoms with Gasteiger partial charge in [0.1, 0.15) is 11.6 Å². The Morgan fingerprint density at radius 3 is 2.42 bits per heavy atom. The van der Waals surface area contributed by atoms with Gasteiger partial charge in [-0.1, -0.05) is 19.1 Å². The molecule has 19 heavy (non-hydrogen) atoms. The fraction of sp³-hybridized carbons (Fsp3) is 0.200. The predicted molar refractivity (Wildman–Crippen MR) is 76.5 cm³/mol. The summed E-state index contributed by atoms with van der Waals surface area (Å²) in [5.41, 5.74) is 1.58. The van der Waals surface area contributed by atoms with Crippen molar-refractivity contribution in [3.05, 3.63) is 59.7 Å². The zero-order valence-electron chi connectivity index (χ0n) is 10.6. The Hall–Kier alpha value is -1.55. The van der Waals surface area contributed by atoms with Gasteiger partial charge in [-0.2, -0.15) is 0 Å². The lowest BCUT2D eigenvalue weighted by molar-refractivity contribution is 0.580. The molecule has 0 bridgehead atoms. The van der Waals surface area contributed by atoms with E-state index < -0.39 is 11.6 Å². The van der Waals surface area contributed by atoms with E-state index in [1.807, 2.05) is 24.3 Å². The van der Waals surface area contributed by atoms with Crippen molar-refractivity contribution in [2.45, 2.75) is 18.4 Å². The van der Waals surface area contributed by atoms with Gasteiger partial charge in [-0.3, -0.25) is 0 Å².